The van der Waals surface area contributed by atoms with Gasteiger partial charge in [0.15, 0.2) is 0 Å². The van der Waals surface area contributed by atoms with Gasteiger partial charge < -0.3 is 5.32 Å². The molecule has 1 nitrogen and oxygen atoms in total. The van der Waals surface area contributed by atoms with E-state index >= 15 is 0 Å². The van der Waals surface area contributed by atoms with Gasteiger partial charge in [-0.25, -0.2) is 0 Å². The summed E-state index contributed by atoms with van der Waals surface area (Å²) in [6.07, 6.45) is 2.34. The molecule has 0 atom stereocenters. The van der Waals surface area contributed by atoms with Crippen molar-refractivity contribution in [2.45, 2.75) is 26.7 Å². The molecular weight excluding hydrogens is 338 g/mol. The maximum absolute atomic E-state index is 3.60. The first kappa shape index (κ1) is 13.7. The molecule has 15 heavy (non-hydrogen) atoms. The molecule has 0 radical (unpaired) electrons. The summed E-state index contributed by atoms with van der Waals surface area (Å²) in [6, 6.07) is 2.21. The van der Waals surface area contributed by atoms with Crippen LogP contribution in [0.2, 0.25) is 0 Å². The smallest absolute Gasteiger partial charge is 0.0742 e. The summed E-state index contributed by atoms with van der Waals surface area (Å²) < 4.78 is 2.46. The minimum absolute atomic E-state index is 0.364. The monoisotopic (exact) mass is 353 g/mol. The lowest BCUT2D eigenvalue weighted by atomic mass is 9.87. The third-order valence-corrected chi connectivity index (χ3v) is 4.92. The molecule has 0 unspecified atom stereocenters. The van der Waals surface area contributed by atoms with E-state index in [-0.39, 0.29) is 0 Å². The fourth-order valence-corrected chi connectivity index (χ4v) is 4.50. The first-order valence-corrected chi connectivity index (χ1v) is 7.43. The predicted molar refractivity (Wildman–Crippen MR) is 75.7 cm³/mol. The van der Waals surface area contributed by atoms with Gasteiger partial charge in [0.2, 0.25) is 0 Å². The van der Waals surface area contributed by atoms with Crippen molar-refractivity contribution < 1.29 is 0 Å². The van der Waals surface area contributed by atoms with Crippen LogP contribution in [-0.4, -0.2) is 13.6 Å². The SMILES string of the molecule is CNCC(C)(C)CCc1cc(Br)sc1Br. The topological polar surface area (TPSA) is 12.0 Å². The number of aryl methyl sites for hydroxylation is 1. The zero-order chi connectivity index (χ0) is 11.5. The summed E-state index contributed by atoms with van der Waals surface area (Å²) in [6.45, 7) is 5.67. The van der Waals surface area contributed by atoms with E-state index in [0.29, 0.717) is 5.41 Å². The second kappa shape index (κ2) is 5.80. The summed E-state index contributed by atoms with van der Waals surface area (Å²) in [5.74, 6) is 0. The zero-order valence-electron chi connectivity index (χ0n) is 9.36. The molecule has 0 aliphatic heterocycles. The Kier molecular flexibility index (Phi) is 5.29. The standard InChI is InChI=1S/C11H17Br2NS/c1-11(2,7-14-3)5-4-8-6-9(12)15-10(8)13/h6,14H,4-5,7H2,1-3H3. The Morgan fingerprint density at radius 1 is 1.40 bits per heavy atom. The Balaban J connectivity index is 2.53. The molecule has 1 aromatic heterocycles. The number of rotatable bonds is 5. The predicted octanol–water partition coefficient (Wildman–Crippen LogP) is 4.45. The van der Waals surface area contributed by atoms with Crippen LogP contribution in [0.25, 0.3) is 0 Å². The lowest BCUT2D eigenvalue weighted by Gasteiger charge is -2.23. The molecule has 0 aromatic carbocycles. The molecule has 4 heteroatoms. The van der Waals surface area contributed by atoms with Gasteiger partial charge in [-0.2, -0.15) is 0 Å². The highest BCUT2D eigenvalue weighted by Gasteiger charge is 2.17. The van der Waals surface area contributed by atoms with E-state index in [2.05, 4.69) is 57.1 Å². The molecule has 1 rings (SSSR count). The van der Waals surface area contributed by atoms with Crippen molar-refractivity contribution in [3.8, 4) is 0 Å². The Morgan fingerprint density at radius 3 is 2.53 bits per heavy atom. The van der Waals surface area contributed by atoms with Gasteiger partial charge in [-0.15, -0.1) is 11.3 Å². The Bertz CT molecular complexity index is 320. The van der Waals surface area contributed by atoms with Crippen molar-refractivity contribution in [3.63, 3.8) is 0 Å². The number of nitrogens with one attached hydrogen (secondary N) is 1. The van der Waals surface area contributed by atoms with Crippen molar-refractivity contribution in [1.29, 1.82) is 0 Å². The van der Waals surface area contributed by atoms with Crippen molar-refractivity contribution in [3.05, 3.63) is 19.2 Å². The number of hydrogen-bond acceptors (Lipinski definition) is 2. The van der Waals surface area contributed by atoms with Gasteiger partial charge in [0.25, 0.3) is 0 Å². The fraction of sp³-hybridized carbons (Fsp3) is 0.636. The van der Waals surface area contributed by atoms with Crippen molar-refractivity contribution in [2.75, 3.05) is 13.6 Å². The van der Waals surface area contributed by atoms with Crippen LogP contribution < -0.4 is 5.32 Å². The Morgan fingerprint density at radius 2 is 2.07 bits per heavy atom. The molecule has 1 aromatic rings. The third kappa shape index (κ3) is 4.55. The van der Waals surface area contributed by atoms with Crippen LogP contribution in [-0.2, 0) is 6.42 Å². The van der Waals surface area contributed by atoms with Crippen LogP contribution in [0.1, 0.15) is 25.8 Å². The van der Waals surface area contributed by atoms with Gasteiger partial charge >= 0.3 is 0 Å². The van der Waals surface area contributed by atoms with Gasteiger partial charge in [0.1, 0.15) is 0 Å². The van der Waals surface area contributed by atoms with Gasteiger partial charge in [-0.1, -0.05) is 13.8 Å². The van der Waals surface area contributed by atoms with Gasteiger partial charge in [0.05, 0.1) is 7.57 Å². The third-order valence-electron chi connectivity index (χ3n) is 2.45. The normalized spacial score (nSPS) is 12.1. The maximum atomic E-state index is 3.60. The second-order valence-electron chi connectivity index (χ2n) is 4.54. The number of thiophene rings is 1. The van der Waals surface area contributed by atoms with Crippen molar-refractivity contribution in [2.24, 2.45) is 5.41 Å². The van der Waals surface area contributed by atoms with Gasteiger partial charge in [-0.05, 0) is 75.3 Å². The Labute approximate surface area is 113 Å². The lowest BCUT2D eigenvalue weighted by molar-refractivity contribution is 0.324. The van der Waals surface area contributed by atoms with Crippen LogP contribution in [0, 0.1) is 5.41 Å². The highest BCUT2D eigenvalue weighted by atomic mass is 79.9. The summed E-state index contributed by atoms with van der Waals surface area (Å²) >= 11 is 8.86. The minimum atomic E-state index is 0.364. The number of hydrogen-bond donors (Lipinski definition) is 1. The van der Waals surface area contributed by atoms with Crippen LogP contribution in [0.15, 0.2) is 13.6 Å². The molecule has 1 heterocycles. The average molecular weight is 355 g/mol. The Hall–Kier alpha value is 0.620. The maximum Gasteiger partial charge on any atom is 0.0742 e. The molecule has 0 bridgehead atoms. The molecule has 86 valence electrons. The quantitative estimate of drug-likeness (QED) is 0.823. The van der Waals surface area contributed by atoms with Gasteiger partial charge in [0, 0.05) is 0 Å². The van der Waals surface area contributed by atoms with E-state index in [1.165, 1.54) is 19.6 Å². The molecule has 0 spiro atoms. The zero-order valence-corrected chi connectivity index (χ0v) is 13.4. The molecule has 0 aliphatic carbocycles. The van der Waals surface area contributed by atoms with Crippen LogP contribution >= 0.6 is 43.2 Å². The van der Waals surface area contributed by atoms with E-state index in [1.54, 1.807) is 11.3 Å². The molecule has 0 fully saturated rings. The molecule has 0 saturated carbocycles. The van der Waals surface area contributed by atoms with E-state index in [4.69, 9.17) is 0 Å². The van der Waals surface area contributed by atoms with Crippen LogP contribution in [0.5, 0.6) is 0 Å². The summed E-state index contributed by atoms with van der Waals surface area (Å²) in [7, 11) is 2.01. The van der Waals surface area contributed by atoms with E-state index in [0.717, 1.165) is 13.0 Å². The lowest BCUT2D eigenvalue weighted by Crippen LogP contribution is -2.27. The van der Waals surface area contributed by atoms with Crippen molar-refractivity contribution in [1.82, 2.24) is 5.32 Å². The number of halogens is 2. The fourth-order valence-electron chi connectivity index (χ4n) is 1.58. The average Bonchev–Trinajstić information content (AvgIpc) is 2.42. The summed E-state index contributed by atoms with van der Waals surface area (Å²) in [5, 5.41) is 3.25. The van der Waals surface area contributed by atoms with E-state index in [9.17, 15) is 0 Å². The molecular formula is C11H17Br2NS. The van der Waals surface area contributed by atoms with Crippen molar-refractivity contribution >= 4 is 43.2 Å². The second-order valence-corrected chi connectivity index (χ2v) is 8.29. The molecule has 0 saturated heterocycles. The first-order chi connectivity index (χ1) is 6.94. The highest BCUT2D eigenvalue weighted by Crippen LogP contribution is 2.34. The van der Waals surface area contributed by atoms with E-state index < -0.39 is 0 Å². The summed E-state index contributed by atoms with van der Waals surface area (Å²) in [5.41, 5.74) is 1.78. The van der Waals surface area contributed by atoms with Crippen LogP contribution in [0.4, 0.5) is 0 Å². The summed E-state index contributed by atoms with van der Waals surface area (Å²) in [4.78, 5) is 0. The molecule has 0 aliphatic rings. The minimum Gasteiger partial charge on any atom is -0.319 e. The first-order valence-electron chi connectivity index (χ1n) is 5.03. The highest BCUT2D eigenvalue weighted by molar-refractivity contribution is 9.12. The molecule has 0 amide bonds. The van der Waals surface area contributed by atoms with Gasteiger partial charge in [-0.3, -0.25) is 0 Å². The van der Waals surface area contributed by atoms with E-state index in [1.807, 2.05) is 7.05 Å². The van der Waals surface area contributed by atoms with Crippen LogP contribution in [0.3, 0.4) is 0 Å². The molecule has 1 N–H and O–H groups in total. The largest absolute Gasteiger partial charge is 0.319 e.